The molecule has 1 aliphatic carbocycles. The summed E-state index contributed by atoms with van der Waals surface area (Å²) in [4.78, 5) is 11.1. The molecule has 2 N–H and O–H groups in total. The Morgan fingerprint density at radius 3 is 2.46 bits per heavy atom. The summed E-state index contributed by atoms with van der Waals surface area (Å²) < 4.78 is 29.0. The number of hydrogen-bond acceptors (Lipinski definition) is 3. The summed E-state index contributed by atoms with van der Waals surface area (Å²) in [6, 6.07) is 11.1. The minimum atomic E-state index is -3.75. The molecule has 1 saturated carbocycles. The Kier molecular flexibility index (Phi) is 4.23. The molecule has 128 valence electrons. The number of benzene rings is 1. The first-order valence-corrected chi connectivity index (χ1v) is 9.27. The molecule has 0 radical (unpaired) electrons. The maximum absolute atomic E-state index is 12.5. The topological polar surface area (TPSA) is 88.4 Å². The Hall–Kier alpha value is -2.12. The van der Waals surface area contributed by atoms with Crippen molar-refractivity contribution in [2.75, 3.05) is 6.54 Å². The van der Waals surface area contributed by atoms with Crippen LogP contribution in [0.4, 0.5) is 0 Å². The van der Waals surface area contributed by atoms with Crippen LogP contribution in [0.15, 0.2) is 47.5 Å². The lowest BCUT2D eigenvalue weighted by Gasteiger charge is -2.42. The highest BCUT2D eigenvalue weighted by Crippen LogP contribution is 2.43. The van der Waals surface area contributed by atoms with E-state index < -0.39 is 16.0 Å². The van der Waals surface area contributed by atoms with Crippen LogP contribution in [0.1, 0.15) is 35.3 Å². The zero-order valence-corrected chi connectivity index (χ0v) is 14.2. The second-order valence-electron chi connectivity index (χ2n) is 6.30. The smallest absolute Gasteiger partial charge is 0.352 e. The molecule has 1 fully saturated rings. The van der Waals surface area contributed by atoms with Crippen molar-refractivity contribution in [2.24, 2.45) is 7.05 Å². The number of carboxylic acids is 1. The monoisotopic (exact) mass is 348 g/mol. The Morgan fingerprint density at radius 2 is 1.96 bits per heavy atom. The lowest BCUT2D eigenvalue weighted by Crippen LogP contribution is -2.45. The van der Waals surface area contributed by atoms with E-state index in [1.807, 2.05) is 30.3 Å². The van der Waals surface area contributed by atoms with Crippen LogP contribution in [0.3, 0.4) is 0 Å². The van der Waals surface area contributed by atoms with Gasteiger partial charge in [-0.15, -0.1) is 0 Å². The number of carboxylic acid groups (broad SMARTS) is 1. The fourth-order valence-corrected chi connectivity index (χ4v) is 4.37. The summed E-state index contributed by atoms with van der Waals surface area (Å²) in [7, 11) is -2.23. The third kappa shape index (κ3) is 2.97. The van der Waals surface area contributed by atoms with Crippen LogP contribution >= 0.6 is 0 Å². The molecule has 0 spiro atoms. The number of nitrogens with zero attached hydrogens (tertiary/aromatic N) is 1. The second-order valence-corrected chi connectivity index (χ2v) is 8.07. The highest BCUT2D eigenvalue weighted by Gasteiger charge is 2.39. The second kappa shape index (κ2) is 6.07. The lowest BCUT2D eigenvalue weighted by atomic mass is 9.64. The number of aryl methyl sites for hydroxylation is 1. The molecule has 1 aliphatic rings. The van der Waals surface area contributed by atoms with Crippen molar-refractivity contribution < 1.29 is 18.3 Å². The lowest BCUT2D eigenvalue weighted by molar-refractivity contribution is 0.0686. The summed E-state index contributed by atoms with van der Waals surface area (Å²) >= 11 is 0. The molecular formula is C17H20N2O4S. The van der Waals surface area contributed by atoms with Gasteiger partial charge in [0.05, 0.1) is 0 Å². The highest BCUT2D eigenvalue weighted by molar-refractivity contribution is 7.89. The number of aromatic carboxylic acids is 1. The first kappa shape index (κ1) is 16.7. The zero-order valence-electron chi connectivity index (χ0n) is 13.4. The van der Waals surface area contributed by atoms with Gasteiger partial charge in [-0.05, 0) is 24.5 Å². The fraction of sp³-hybridized carbons (Fsp3) is 0.353. The third-order valence-electron chi connectivity index (χ3n) is 4.81. The molecule has 1 heterocycles. The number of rotatable bonds is 6. The number of aromatic nitrogens is 1. The predicted molar refractivity (Wildman–Crippen MR) is 89.5 cm³/mol. The molecule has 1 aromatic heterocycles. The number of nitrogens with one attached hydrogen (secondary N) is 1. The summed E-state index contributed by atoms with van der Waals surface area (Å²) in [6.45, 7) is 0.316. The van der Waals surface area contributed by atoms with E-state index in [4.69, 9.17) is 5.11 Å². The fourth-order valence-electron chi connectivity index (χ4n) is 3.17. The van der Waals surface area contributed by atoms with Crippen LogP contribution in [-0.2, 0) is 22.5 Å². The minimum Gasteiger partial charge on any atom is -0.477 e. The largest absolute Gasteiger partial charge is 0.477 e. The number of sulfonamides is 1. The first-order chi connectivity index (χ1) is 11.3. The average molecular weight is 348 g/mol. The van der Waals surface area contributed by atoms with E-state index in [1.165, 1.54) is 23.9 Å². The van der Waals surface area contributed by atoms with Gasteiger partial charge >= 0.3 is 5.97 Å². The van der Waals surface area contributed by atoms with Crippen LogP contribution in [0.25, 0.3) is 0 Å². The van der Waals surface area contributed by atoms with E-state index in [2.05, 4.69) is 4.72 Å². The van der Waals surface area contributed by atoms with Crippen molar-refractivity contribution in [3.63, 3.8) is 0 Å². The van der Waals surface area contributed by atoms with Crippen molar-refractivity contribution in [3.8, 4) is 0 Å². The van der Waals surface area contributed by atoms with Crippen molar-refractivity contribution in [2.45, 2.75) is 29.6 Å². The minimum absolute atomic E-state index is 0.0232. The van der Waals surface area contributed by atoms with E-state index >= 15 is 0 Å². The van der Waals surface area contributed by atoms with Crippen molar-refractivity contribution in [1.82, 2.24) is 9.29 Å². The van der Waals surface area contributed by atoms with E-state index in [9.17, 15) is 13.2 Å². The van der Waals surface area contributed by atoms with Crippen LogP contribution in [0, 0.1) is 0 Å². The molecular weight excluding hydrogens is 328 g/mol. The van der Waals surface area contributed by atoms with Crippen LogP contribution in [0.5, 0.6) is 0 Å². The Morgan fingerprint density at radius 1 is 1.29 bits per heavy atom. The van der Waals surface area contributed by atoms with Crippen LogP contribution < -0.4 is 4.72 Å². The van der Waals surface area contributed by atoms with Gasteiger partial charge in [0.15, 0.2) is 0 Å². The maximum atomic E-state index is 12.5. The average Bonchev–Trinajstić information content (AvgIpc) is 2.90. The molecule has 7 heteroatoms. The van der Waals surface area contributed by atoms with Gasteiger partial charge in [0.25, 0.3) is 0 Å². The molecule has 0 saturated heterocycles. The zero-order chi connectivity index (χ0) is 17.4. The molecule has 24 heavy (non-hydrogen) atoms. The third-order valence-corrected chi connectivity index (χ3v) is 6.17. The maximum Gasteiger partial charge on any atom is 0.352 e. The first-order valence-electron chi connectivity index (χ1n) is 7.79. The van der Waals surface area contributed by atoms with E-state index in [0.29, 0.717) is 6.54 Å². The van der Waals surface area contributed by atoms with Gasteiger partial charge in [-0.1, -0.05) is 36.8 Å². The number of hydrogen-bond donors (Lipinski definition) is 2. The van der Waals surface area contributed by atoms with Gasteiger partial charge in [0, 0.05) is 25.2 Å². The van der Waals surface area contributed by atoms with Gasteiger partial charge in [-0.25, -0.2) is 17.9 Å². The van der Waals surface area contributed by atoms with Gasteiger partial charge in [-0.2, -0.15) is 0 Å². The van der Waals surface area contributed by atoms with Gasteiger partial charge in [-0.3, -0.25) is 0 Å². The van der Waals surface area contributed by atoms with Gasteiger partial charge in [0.1, 0.15) is 10.6 Å². The summed E-state index contributed by atoms with van der Waals surface area (Å²) in [5.41, 5.74) is 0.911. The summed E-state index contributed by atoms with van der Waals surface area (Å²) in [5.74, 6) is -1.15. The molecule has 6 nitrogen and oxygen atoms in total. The van der Waals surface area contributed by atoms with Crippen molar-refractivity contribution in [3.05, 3.63) is 53.9 Å². The summed E-state index contributed by atoms with van der Waals surface area (Å²) in [5, 5.41) is 9.06. The highest BCUT2D eigenvalue weighted by atomic mass is 32.2. The van der Waals surface area contributed by atoms with Crippen molar-refractivity contribution in [1.29, 1.82) is 0 Å². The van der Waals surface area contributed by atoms with Crippen LogP contribution in [-0.4, -0.2) is 30.6 Å². The molecule has 0 unspecified atom stereocenters. The quantitative estimate of drug-likeness (QED) is 0.837. The molecule has 0 bridgehead atoms. The van der Waals surface area contributed by atoms with Gasteiger partial charge in [0.2, 0.25) is 10.0 Å². The van der Waals surface area contributed by atoms with E-state index in [-0.39, 0.29) is 16.0 Å². The molecule has 3 rings (SSSR count). The Balaban J connectivity index is 1.80. The molecule has 1 aromatic carbocycles. The standard InChI is InChI=1S/C17H20N2O4S/c1-19-11-14(10-15(19)16(20)21)24(22,23)18-12-17(8-5-9-17)13-6-3-2-4-7-13/h2-4,6-7,10-11,18H,5,8-9,12H2,1H3,(H,20,21). The van der Waals surface area contributed by atoms with Crippen LogP contribution in [0.2, 0.25) is 0 Å². The molecule has 0 atom stereocenters. The normalized spacial score (nSPS) is 16.5. The Bertz CT molecular complexity index is 852. The predicted octanol–water partition coefficient (Wildman–Crippen LogP) is 2.12. The molecule has 0 amide bonds. The Labute approximate surface area is 141 Å². The van der Waals surface area contributed by atoms with E-state index in [1.54, 1.807) is 0 Å². The van der Waals surface area contributed by atoms with Gasteiger partial charge < -0.3 is 9.67 Å². The molecule has 0 aliphatic heterocycles. The number of carbonyl (C=O) groups is 1. The van der Waals surface area contributed by atoms with Crippen molar-refractivity contribution >= 4 is 16.0 Å². The van der Waals surface area contributed by atoms with E-state index in [0.717, 1.165) is 24.8 Å². The summed E-state index contributed by atoms with van der Waals surface area (Å²) in [6.07, 6.45) is 4.27. The SMILES string of the molecule is Cn1cc(S(=O)(=O)NCC2(c3ccccc3)CCC2)cc1C(=O)O. The molecule has 2 aromatic rings.